The minimum atomic E-state index is -0.596. The first-order valence-electron chi connectivity index (χ1n) is 7.25. The summed E-state index contributed by atoms with van der Waals surface area (Å²) in [7, 11) is 0. The van der Waals surface area contributed by atoms with Gasteiger partial charge in [0.15, 0.2) is 0 Å². The van der Waals surface area contributed by atoms with Gasteiger partial charge in [0.2, 0.25) is 0 Å². The van der Waals surface area contributed by atoms with E-state index in [0.29, 0.717) is 0 Å². The molecule has 0 bridgehead atoms. The summed E-state index contributed by atoms with van der Waals surface area (Å²) in [4.78, 5) is 22.1. The largest absolute Gasteiger partial charge is 0.463 e. The Hall–Kier alpha value is -2.58. The molecule has 5 nitrogen and oxygen atoms in total. The molecule has 0 radical (unpaired) electrons. The highest BCUT2D eigenvalue weighted by atomic mass is 16.6. The summed E-state index contributed by atoms with van der Waals surface area (Å²) < 4.78 is 15.9. The molecule has 1 heterocycles. The molecule has 1 unspecified atom stereocenters. The highest BCUT2D eigenvalue weighted by molar-refractivity contribution is 5.67. The molecule has 0 aliphatic carbocycles. The normalized spacial score (nSPS) is 22.6. The average Bonchev–Trinajstić information content (AvgIpc) is 2.53. The van der Waals surface area contributed by atoms with Crippen LogP contribution >= 0.6 is 0 Å². The molecule has 1 aromatic rings. The number of benzene rings is 1. The summed E-state index contributed by atoms with van der Waals surface area (Å²) >= 11 is 0. The molecule has 1 aliphatic rings. The molecule has 1 aromatic carbocycles. The average molecular weight is 314 g/mol. The van der Waals surface area contributed by atoms with Crippen LogP contribution in [0.3, 0.4) is 0 Å². The van der Waals surface area contributed by atoms with Gasteiger partial charge in [-0.25, -0.2) is 0 Å². The lowest BCUT2D eigenvalue weighted by atomic mass is 10.1. The van der Waals surface area contributed by atoms with Crippen LogP contribution in [0.15, 0.2) is 42.5 Å². The molecule has 5 heteroatoms. The van der Waals surface area contributed by atoms with Crippen LogP contribution in [0.2, 0.25) is 0 Å². The lowest BCUT2D eigenvalue weighted by Crippen LogP contribution is -2.41. The Bertz CT molecular complexity index is 638. The summed E-state index contributed by atoms with van der Waals surface area (Å²) in [6.07, 6.45) is 1.81. The lowest BCUT2D eigenvalue weighted by Gasteiger charge is -2.29. The minimum absolute atomic E-state index is 0.00113. The molecule has 0 N–H and O–H groups in total. The van der Waals surface area contributed by atoms with Crippen molar-refractivity contribution in [3.05, 3.63) is 48.0 Å². The van der Waals surface area contributed by atoms with Gasteiger partial charge in [0.25, 0.3) is 0 Å². The van der Waals surface area contributed by atoms with E-state index in [0.717, 1.165) is 5.56 Å². The smallest absolute Gasteiger partial charge is 0.303 e. The molecule has 0 saturated carbocycles. The van der Waals surface area contributed by atoms with E-state index in [1.165, 1.54) is 13.8 Å². The van der Waals surface area contributed by atoms with Crippen molar-refractivity contribution >= 4 is 11.9 Å². The zero-order chi connectivity index (χ0) is 16.7. The molecular weight excluding hydrogens is 296 g/mol. The van der Waals surface area contributed by atoms with Crippen LogP contribution in [0.25, 0.3) is 0 Å². The van der Waals surface area contributed by atoms with E-state index in [-0.39, 0.29) is 6.61 Å². The van der Waals surface area contributed by atoms with Crippen molar-refractivity contribution in [1.82, 2.24) is 0 Å². The Morgan fingerprint density at radius 2 is 1.87 bits per heavy atom. The third-order valence-electron chi connectivity index (χ3n) is 3.05. The zero-order valence-electron chi connectivity index (χ0n) is 13.0. The first-order chi connectivity index (χ1) is 11.0. The van der Waals surface area contributed by atoms with Gasteiger partial charge >= 0.3 is 11.9 Å². The van der Waals surface area contributed by atoms with Gasteiger partial charge in [-0.05, 0) is 24.3 Å². The maximum atomic E-state index is 11.1. The van der Waals surface area contributed by atoms with Gasteiger partial charge in [0.1, 0.15) is 24.9 Å². The summed E-state index contributed by atoms with van der Waals surface area (Å²) in [6.45, 7) is 2.63. The zero-order valence-corrected chi connectivity index (χ0v) is 13.0. The molecule has 0 spiro atoms. The van der Waals surface area contributed by atoms with Crippen molar-refractivity contribution in [1.29, 1.82) is 0 Å². The van der Waals surface area contributed by atoms with Crippen molar-refractivity contribution in [3.8, 4) is 11.8 Å². The second-order valence-corrected chi connectivity index (χ2v) is 4.99. The van der Waals surface area contributed by atoms with Crippen LogP contribution in [0, 0.1) is 11.8 Å². The van der Waals surface area contributed by atoms with E-state index in [9.17, 15) is 9.59 Å². The van der Waals surface area contributed by atoms with E-state index in [2.05, 4.69) is 11.8 Å². The van der Waals surface area contributed by atoms with Crippen molar-refractivity contribution in [3.63, 3.8) is 0 Å². The van der Waals surface area contributed by atoms with E-state index >= 15 is 0 Å². The fourth-order valence-corrected chi connectivity index (χ4v) is 2.04. The summed E-state index contributed by atoms with van der Waals surface area (Å²) in [5.74, 6) is 5.16. The molecule has 0 aromatic heterocycles. The van der Waals surface area contributed by atoms with Crippen molar-refractivity contribution in [2.24, 2.45) is 0 Å². The van der Waals surface area contributed by atoms with Crippen LogP contribution in [-0.2, 0) is 23.8 Å². The number of hydrogen-bond donors (Lipinski definition) is 0. The Morgan fingerprint density at radius 3 is 2.52 bits per heavy atom. The van der Waals surface area contributed by atoms with Gasteiger partial charge in [-0.3, -0.25) is 9.59 Å². The van der Waals surface area contributed by atoms with Gasteiger partial charge in [0.05, 0.1) is 0 Å². The van der Waals surface area contributed by atoms with Gasteiger partial charge in [-0.1, -0.05) is 30.0 Å². The maximum Gasteiger partial charge on any atom is 0.303 e. The van der Waals surface area contributed by atoms with Crippen LogP contribution in [0.1, 0.15) is 19.4 Å². The molecular formula is C18H18O5. The van der Waals surface area contributed by atoms with Crippen molar-refractivity contribution < 1.29 is 23.8 Å². The molecule has 3 atom stereocenters. The first kappa shape index (κ1) is 16.8. The van der Waals surface area contributed by atoms with Gasteiger partial charge in [0, 0.05) is 19.4 Å². The second kappa shape index (κ2) is 8.16. The fourth-order valence-electron chi connectivity index (χ4n) is 2.04. The molecule has 0 amide bonds. The van der Waals surface area contributed by atoms with Gasteiger partial charge < -0.3 is 14.2 Å². The molecule has 0 fully saturated rings. The fraction of sp³-hybridized carbons (Fsp3) is 0.333. The van der Waals surface area contributed by atoms with Crippen molar-refractivity contribution in [2.75, 3.05) is 6.61 Å². The van der Waals surface area contributed by atoms with E-state index < -0.39 is 30.3 Å². The molecule has 120 valence electrons. The first-order valence-corrected chi connectivity index (χ1v) is 7.25. The van der Waals surface area contributed by atoms with Crippen LogP contribution in [0.5, 0.6) is 0 Å². The number of carbonyl (C=O) groups is 2. The molecule has 0 saturated heterocycles. The predicted molar refractivity (Wildman–Crippen MR) is 83.3 cm³/mol. The maximum absolute atomic E-state index is 11.1. The number of rotatable bonds is 3. The van der Waals surface area contributed by atoms with Crippen molar-refractivity contribution in [2.45, 2.75) is 32.2 Å². The van der Waals surface area contributed by atoms with E-state index in [4.69, 9.17) is 14.2 Å². The Balaban J connectivity index is 2.07. The van der Waals surface area contributed by atoms with E-state index in [1.54, 1.807) is 12.2 Å². The Morgan fingerprint density at radius 1 is 1.13 bits per heavy atom. The summed E-state index contributed by atoms with van der Waals surface area (Å²) in [5.41, 5.74) is 0.878. The van der Waals surface area contributed by atoms with Gasteiger partial charge in [-0.2, -0.15) is 0 Å². The number of hydrogen-bond acceptors (Lipinski definition) is 5. The Labute approximate surface area is 135 Å². The predicted octanol–water partition coefficient (Wildman–Crippen LogP) is 1.86. The Kier molecular flexibility index (Phi) is 5.95. The minimum Gasteiger partial charge on any atom is -0.463 e. The second-order valence-electron chi connectivity index (χ2n) is 4.99. The number of esters is 2. The monoisotopic (exact) mass is 314 g/mol. The lowest BCUT2D eigenvalue weighted by molar-refractivity contribution is -0.161. The molecule has 1 aliphatic heterocycles. The standard InChI is InChI=1S/C18H18O5/c1-13(19)21-12-18-17(22-14(2)20)11-10-16(23-18)9-8-15-6-4-3-5-7-15/h3-7,10-11,16-18H,12H2,1-2H3/t16?,17-,18-/m1/s1. The third-order valence-corrected chi connectivity index (χ3v) is 3.05. The van der Waals surface area contributed by atoms with E-state index in [1.807, 2.05) is 30.3 Å². The highest BCUT2D eigenvalue weighted by Crippen LogP contribution is 2.17. The van der Waals surface area contributed by atoms with Crippen LogP contribution in [0.4, 0.5) is 0 Å². The number of ether oxygens (including phenoxy) is 3. The third kappa shape index (κ3) is 5.61. The van der Waals surface area contributed by atoms with Gasteiger partial charge in [-0.15, -0.1) is 0 Å². The van der Waals surface area contributed by atoms with Crippen LogP contribution < -0.4 is 0 Å². The topological polar surface area (TPSA) is 61.8 Å². The SMILES string of the molecule is CC(=O)OC[C@H]1OC(C#Cc2ccccc2)C=C[C@H]1OC(C)=O. The highest BCUT2D eigenvalue weighted by Gasteiger charge is 2.29. The summed E-state index contributed by atoms with van der Waals surface area (Å²) in [5, 5.41) is 0. The molecule has 2 rings (SSSR count). The summed E-state index contributed by atoms with van der Waals surface area (Å²) in [6, 6.07) is 9.53. The van der Waals surface area contributed by atoms with Crippen LogP contribution in [-0.4, -0.2) is 36.9 Å². The quantitative estimate of drug-likeness (QED) is 0.484. The molecule has 23 heavy (non-hydrogen) atoms. The number of carbonyl (C=O) groups excluding carboxylic acids is 2.